The third-order valence-corrected chi connectivity index (χ3v) is 3.40. The predicted molar refractivity (Wildman–Crippen MR) is 69.9 cm³/mol. The average molecular weight is 249 g/mol. The molecule has 2 atom stereocenters. The molecule has 1 saturated heterocycles. The minimum Gasteiger partial charge on any atom is -0.356 e. The van der Waals surface area contributed by atoms with Crippen LogP contribution in [-0.4, -0.2) is 25.5 Å². The molecule has 2 unspecified atom stereocenters. The van der Waals surface area contributed by atoms with Crippen molar-refractivity contribution in [2.45, 2.75) is 33.6 Å². The lowest BCUT2D eigenvalue weighted by Crippen LogP contribution is -2.42. The van der Waals surface area contributed by atoms with Gasteiger partial charge in [-0.25, -0.2) is 0 Å². The van der Waals surface area contributed by atoms with Gasteiger partial charge in [-0.3, -0.25) is 4.79 Å². The molecule has 0 aromatic carbocycles. The first-order chi connectivity index (χ1) is 7.11. The molecule has 1 rings (SSSR count). The zero-order valence-electron chi connectivity index (χ0n) is 10.6. The summed E-state index contributed by atoms with van der Waals surface area (Å²) in [6.07, 6.45) is 2.16. The highest BCUT2D eigenvalue weighted by Gasteiger charge is 2.21. The molecule has 0 spiro atoms. The number of halogens is 1. The Kier molecular flexibility index (Phi) is 7.77. The third kappa shape index (κ3) is 5.17. The van der Waals surface area contributed by atoms with Crippen LogP contribution in [0.5, 0.6) is 0 Å². The number of hydrogen-bond acceptors (Lipinski definition) is 2. The van der Waals surface area contributed by atoms with E-state index in [1.807, 2.05) is 0 Å². The summed E-state index contributed by atoms with van der Waals surface area (Å²) in [6.45, 7) is 9.29. The van der Waals surface area contributed by atoms with Gasteiger partial charge in [0.05, 0.1) is 5.92 Å². The summed E-state index contributed by atoms with van der Waals surface area (Å²) in [5.41, 5.74) is 0. The number of amides is 1. The Morgan fingerprint density at radius 2 is 2.12 bits per heavy atom. The molecule has 2 N–H and O–H groups in total. The molecule has 0 bridgehead atoms. The molecule has 4 heteroatoms. The highest BCUT2D eigenvalue weighted by molar-refractivity contribution is 5.85. The SMILES string of the molecule is CC(C)C(C)CNC(=O)C1CCCNC1.Cl. The van der Waals surface area contributed by atoms with Gasteiger partial charge in [-0.2, -0.15) is 0 Å². The van der Waals surface area contributed by atoms with Crippen LogP contribution in [0.3, 0.4) is 0 Å². The minimum atomic E-state index is 0. The van der Waals surface area contributed by atoms with Gasteiger partial charge in [-0.15, -0.1) is 12.4 Å². The van der Waals surface area contributed by atoms with Crippen LogP contribution >= 0.6 is 12.4 Å². The van der Waals surface area contributed by atoms with E-state index in [4.69, 9.17) is 0 Å². The molecule has 1 aliphatic heterocycles. The molecule has 1 amide bonds. The Bertz CT molecular complexity index is 203. The lowest BCUT2D eigenvalue weighted by atomic mass is 9.96. The van der Waals surface area contributed by atoms with Gasteiger partial charge in [-0.05, 0) is 31.2 Å². The smallest absolute Gasteiger partial charge is 0.224 e. The van der Waals surface area contributed by atoms with Gasteiger partial charge in [0.2, 0.25) is 5.91 Å². The van der Waals surface area contributed by atoms with Gasteiger partial charge in [0.15, 0.2) is 0 Å². The Morgan fingerprint density at radius 1 is 1.44 bits per heavy atom. The maximum atomic E-state index is 11.8. The molecule has 1 fully saturated rings. The minimum absolute atomic E-state index is 0. The van der Waals surface area contributed by atoms with Crippen molar-refractivity contribution in [3.8, 4) is 0 Å². The summed E-state index contributed by atoms with van der Waals surface area (Å²) >= 11 is 0. The maximum Gasteiger partial charge on any atom is 0.224 e. The molecule has 1 heterocycles. The van der Waals surface area contributed by atoms with E-state index in [-0.39, 0.29) is 24.2 Å². The largest absolute Gasteiger partial charge is 0.356 e. The zero-order chi connectivity index (χ0) is 11.3. The van der Waals surface area contributed by atoms with Crippen molar-refractivity contribution in [2.24, 2.45) is 17.8 Å². The van der Waals surface area contributed by atoms with E-state index in [0.717, 1.165) is 32.5 Å². The fourth-order valence-electron chi connectivity index (χ4n) is 1.72. The molecule has 0 aromatic rings. The molecule has 0 radical (unpaired) electrons. The fourth-order valence-corrected chi connectivity index (χ4v) is 1.72. The van der Waals surface area contributed by atoms with Crippen molar-refractivity contribution < 1.29 is 4.79 Å². The highest BCUT2D eigenvalue weighted by atomic mass is 35.5. The quantitative estimate of drug-likeness (QED) is 0.797. The van der Waals surface area contributed by atoms with Crippen LogP contribution in [0.1, 0.15) is 33.6 Å². The van der Waals surface area contributed by atoms with Gasteiger partial charge in [-0.1, -0.05) is 20.8 Å². The first-order valence-electron chi connectivity index (χ1n) is 6.09. The first kappa shape index (κ1) is 15.7. The van der Waals surface area contributed by atoms with Crippen LogP contribution in [0.25, 0.3) is 0 Å². The van der Waals surface area contributed by atoms with Crippen LogP contribution in [0.15, 0.2) is 0 Å². The van der Waals surface area contributed by atoms with E-state index < -0.39 is 0 Å². The average Bonchev–Trinajstić information content (AvgIpc) is 2.26. The van der Waals surface area contributed by atoms with E-state index >= 15 is 0 Å². The molecule has 3 nitrogen and oxygen atoms in total. The van der Waals surface area contributed by atoms with Gasteiger partial charge in [0.1, 0.15) is 0 Å². The second-order valence-electron chi connectivity index (χ2n) is 5.01. The number of piperidine rings is 1. The fraction of sp³-hybridized carbons (Fsp3) is 0.917. The lowest BCUT2D eigenvalue weighted by Gasteiger charge is -2.23. The van der Waals surface area contributed by atoms with E-state index in [1.165, 1.54) is 0 Å². The van der Waals surface area contributed by atoms with E-state index in [2.05, 4.69) is 31.4 Å². The van der Waals surface area contributed by atoms with Crippen LogP contribution < -0.4 is 10.6 Å². The van der Waals surface area contributed by atoms with Crippen LogP contribution in [0.4, 0.5) is 0 Å². The Hall–Kier alpha value is -0.280. The topological polar surface area (TPSA) is 41.1 Å². The van der Waals surface area contributed by atoms with Gasteiger partial charge in [0, 0.05) is 13.1 Å². The summed E-state index contributed by atoms with van der Waals surface area (Å²) in [7, 11) is 0. The van der Waals surface area contributed by atoms with Crippen molar-refractivity contribution in [1.82, 2.24) is 10.6 Å². The van der Waals surface area contributed by atoms with Crippen molar-refractivity contribution in [3.05, 3.63) is 0 Å². The Morgan fingerprint density at radius 3 is 2.62 bits per heavy atom. The number of hydrogen-bond donors (Lipinski definition) is 2. The molecule has 16 heavy (non-hydrogen) atoms. The first-order valence-corrected chi connectivity index (χ1v) is 6.09. The number of nitrogens with one attached hydrogen (secondary N) is 2. The molecule has 0 saturated carbocycles. The predicted octanol–water partition coefficient (Wildman–Crippen LogP) is 1.82. The molecule has 1 aliphatic rings. The van der Waals surface area contributed by atoms with E-state index in [0.29, 0.717) is 11.8 Å². The van der Waals surface area contributed by atoms with Crippen molar-refractivity contribution >= 4 is 18.3 Å². The van der Waals surface area contributed by atoms with Gasteiger partial charge in [0.25, 0.3) is 0 Å². The van der Waals surface area contributed by atoms with E-state index in [9.17, 15) is 4.79 Å². The standard InChI is InChI=1S/C12H24N2O.ClH/c1-9(2)10(3)7-14-12(15)11-5-4-6-13-8-11;/h9-11,13H,4-8H2,1-3H3,(H,14,15);1H. The molecular formula is C12H25ClN2O. The summed E-state index contributed by atoms with van der Waals surface area (Å²) in [6, 6.07) is 0. The summed E-state index contributed by atoms with van der Waals surface area (Å²) < 4.78 is 0. The van der Waals surface area contributed by atoms with E-state index in [1.54, 1.807) is 0 Å². The van der Waals surface area contributed by atoms with Crippen LogP contribution in [0.2, 0.25) is 0 Å². The van der Waals surface area contributed by atoms with Crippen LogP contribution in [0, 0.1) is 17.8 Å². The summed E-state index contributed by atoms with van der Waals surface area (Å²) in [4.78, 5) is 11.8. The summed E-state index contributed by atoms with van der Waals surface area (Å²) in [5.74, 6) is 1.62. The Balaban J connectivity index is 0.00000225. The Labute approximate surface area is 105 Å². The summed E-state index contributed by atoms with van der Waals surface area (Å²) in [5, 5.41) is 6.32. The zero-order valence-corrected chi connectivity index (χ0v) is 11.4. The number of rotatable bonds is 4. The van der Waals surface area contributed by atoms with Gasteiger partial charge < -0.3 is 10.6 Å². The second kappa shape index (κ2) is 7.91. The monoisotopic (exact) mass is 248 g/mol. The molecule has 0 aliphatic carbocycles. The molecular weight excluding hydrogens is 224 g/mol. The number of carbonyl (C=O) groups is 1. The number of carbonyl (C=O) groups excluding carboxylic acids is 1. The normalized spacial score (nSPS) is 22.4. The van der Waals surface area contributed by atoms with Gasteiger partial charge >= 0.3 is 0 Å². The van der Waals surface area contributed by atoms with Crippen molar-refractivity contribution in [3.63, 3.8) is 0 Å². The van der Waals surface area contributed by atoms with Crippen molar-refractivity contribution in [2.75, 3.05) is 19.6 Å². The lowest BCUT2D eigenvalue weighted by molar-refractivity contribution is -0.125. The maximum absolute atomic E-state index is 11.8. The molecule has 96 valence electrons. The second-order valence-corrected chi connectivity index (χ2v) is 5.01. The third-order valence-electron chi connectivity index (χ3n) is 3.40. The molecule has 0 aromatic heterocycles. The van der Waals surface area contributed by atoms with Crippen LogP contribution in [-0.2, 0) is 4.79 Å². The highest BCUT2D eigenvalue weighted by Crippen LogP contribution is 2.11. The van der Waals surface area contributed by atoms with Crippen molar-refractivity contribution in [1.29, 1.82) is 0 Å².